The minimum Gasteiger partial charge on any atom is -0.397 e. The van der Waals surface area contributed by atoms with Crippen LogP contribution in [0, 0.1) is 6.92 Å². The summed E-state index contributed by atoms with van der Waals surface area (Å²) in [5, 5.41) is 3.29. The van der Waals surface area contributed by atoms with Crippen molar-refractivity contribution in [3.63, 3.8) is 0 Å². The summed E-state index contributed by atoms with van der Waals surface area (Å²) in [5.74, 6) is -0.193. The van der Waals surface area contributed by atoms with Crippen LogP contribution in [0.1, 0.15) is 15.9 Å². The molecule has 92 valence electrons. The van der Waals surface area contributed by atoms with Gasteiger partial charge in [-0.1, -0.05) is 29.8 Å². The number of carbonyl (C=O) groups is 1. The van der Waals surface area contributed by atoms with Crippen molar-refractivity contribution in [2.75, 3.05) is 11.1 Å². The van der Waals surface area contributed by atoms with Crippen LogP contribution in [-0.4, -0.2) is 5.91 Å². The van der Waals surface area contributed by atoms with Crippen LogP contribution in [0.4, 0.5) is 11.4 Å². The van der Waals surface area contributed by atoms with Crippen LogP contribution in [0.25, 0.3) is 0 Å². The van der Waals surface area contributed by atoms with Crippen LogP contribution in [0.2, 0.25) is 5.02 Å². The zero-order valence-corrected chi connectivity index (χ0v) is 10.7. The van der Waals surface area contributed by atoms with Gasteiger partial charge >= 0.3 is 0 Å². The van der Waals surface area contributed by atoms with Gasteiger partial charge in [-0.05, 0) is 36.8 Å². The first-order chi connectivity index (χ1) is 8.58. The molecule has 18 heavy (non-hydrogen) atoms. The quantitative estimate of drug-likeness (QED) is 0.812. The van der Waals surface area contributed by atoms with Crippen LogP contribution in [0.5, 0.6) is 0 Å². The molecule has 0 aliphatic carbocycles. The number of nitrogens with one attached hydrogen (secondary N) is 1. The number of halogens is 1. The van der Waals surface area contributed by atoms with Gasteiger partial charge in [0.2, 0.25) is 0 Å². The molecule has 2 aromatic rings. The van der Waals surface area contributed by atoms with E-state index in [-0.39, 0.29) is 5.91 Å². The molecule has 2 aromatic carbocycles. The number of hydrogen-bond acceptors (Lipinski definition) is 2. The molecule has 0 spiro atoms. The summed E-state index contributed by atoms with van der Waals surface area (Å²) in [6.07, 6.45) is 0. The lowest BCUT2D eigenvalue weighted by molar-refractivity contribution is 0.102. The maximum atomic E-state index is 12.1. The molecule has 4 heteroatoms. The van der Waals surface area contributed by atoms with Crippen molar-refractivity contribution in [2.45, 2.75) is 6.92 Å². The normalized spacial score (nSPS) is 10.1. The summed E-state index contributed by atoms with van der Waals surface area (Å²) < 4.78 is 0. The highest BCUT2D eigenvalue weighted by molar-refractivity contribution is 6.31. The fourth-order valence-electron chi connectivity index (χ4n) is 1.65. The predicted molar refractivity (Wildman–Crippen MR) is 75.0 cm³/mol. The average Bonchev–Trinajstić information content (AvgIpc) is 2.34. The molecule has 0 saturated carbocycles. The largest absolute Gasteiger partial charge is 0.397 e. The third-order valence-corrected chi connectivity index (χ3v) is 2.89. The van der Waals surface area contributed by atoms with Gasteiger partial charge in [0.1, 0.15) is 0 Å². The second-order valence-corrected chi connectivity index (χ2v) is 4.44. The molecule has 3 N–H and O–H groups in total. The number of aryl methyl sites for hydroxylation is 1. The standard InChI is InChI=1S/C14H13ClN2O/c1-9-4-2-3-5-11(9)14(18)17-13-8-10(15)6-7-12(13)16/h2-8H,16H2,1H3,(H,17,18). The predicted octanol–water partition coefficient (Wildman–Crippen LogP) is 3.48. The second kappa shape index (κ2) is 5.10. The molecule has 0 saturated heterocycles. The Morgan fingerprint density at radius 2 is 1.94 bits per heavy atom. The molecule has 3 nitrogen and oxygen atoms in total. The van der Waals surface area contributed by atoms with E-state index < -0.39 is 0 Å². The summed E-state index contributed by atoms with van der Waals surface area (Å²) in [6, 6.07) is 12.3. The maximum Gasteiger partial charge on any atom is 0.255 e. The Morgan fingerprint density at radius 3 is 2.67 bits per heavy atom. The van der Waals surface area contributed by atoms with Crippen molar-refractivity contribution in [3.05, 3.63) is 58.6 Å². The van der Waals surface area contributed by atoms with Gasteiger partial charge < -0.3 is 11.1 Å². The van der Waals surface area contributed by atoms with Crippen LogP contribution in [0.3, 0.4) is 0 Å². The summed E-state index contributed by atoms with van der Waals surface area (Å²) in [4.78, 5) is 12.1. The summed E-state index contributed by atoms with van der Waals surface area (Å²) in [7, 11) is 0. The molecule has 1 amide bonds. The van der Waals surface area contributed by atoms with E-state index in [1.54, 1.807) is 24.3 Å². The summed E-state index contributed by atoms with van der Waals surface area (Å²) >= 11 is 5.87. The smallest absolute Gasteiger partial charge is 0.255 e. The van der Waals surface area contributed by atoms with E-state index in [0.717, 1.165) is 5.56 Å². The third kappa shape index (κ3) is 2.63. The Balaban J connectivity index is 2.27. The van der Waals surface area contributed by atoms with Gasteiger partial charge in [0.05, 0.1) is 11.4 Å². The topological polar surface area (TPSA) is 55.1 Å². The Labute approximate surface area is 111 Å². The third-order valence-electron chi connectivity index (χ3n) is 2.65. The maximum absolute atomic E-state index is 12.1. The lowest BCUT2D eigenvalue weighted by atomic mass is 10.1. The van der Waals surface area contributed by atoms with Gasteiger partial charge in [0.25, 0.3) is 5.91 Å². The number of benzene rings is 2. The molecule has 0 heterocycles. The molecule has 0 atom stereocenters. The number of carbonyl (C=O) groups excluding carboxylic acids is 1. The van der Waals surface area contributed by atoms with Crippen LogP contribution in [0.15, 0.2) is 42.5 Å². The number of anilines is 2. The van der Waals surface area contributed by atoms with Gasteiger partial charge in [0, 0.05) is 10.6 Å². The summed E-state index contributed by atoms with van der Waals surface area (Å²) in [6.45, 7) is 1.89. The van der Waals surface area contributed by atoms with Crippen molar-refractivity contribution in [3.8, 4) is 0 Å². The Morgan fingerprint density at radius 1 is 1.22 bits per heavy atom. The molecule has 0 radical (unpaired) electrons. The van der Waals surface area contributed by atoms with Crippen molar-refractivity contribution < 1.29 is 4.79 Å². The Hall–Kier alpha value is -2.00. The molecule has 0 aliphatic rings. The van der Waals surface area contributed by atoms with Crippen LogP contribution < -0.4 is 11.1 Å². The number of nitrogens with two attached hydrogens (primary N) is 1. The number of amides is 1. The SMILES string of the molecule is Cc1ccccc1C(=O)Nc1cc(Cl)ccc1N. The minimum absolute atomic E-state index is 0.193. The molecule has 0 unspecified atom stereocenters. The van der Waals surface area contributed by atoms with Gasteiger partial charge in [-0.3, -0.25) is 4.79 Å². The number of nitrogen functional groups attached to an aromatic ring is 1. The highest BCUT2D eigenvalue weighted by Crippen LogP contribution is 2.23. The Bertz CT molecular complexity index is 596. The lowest BCUT2D eigenvalue weighted by Crippen LogP contribution is -2.14. The fraction of sp³-hybridized carbons (Fsp3) is 0.0714. The molecule has 2 rings (SSSR count). The number of rotatable bonds is 2. The first-order valence-corrected chi connectivity index (χ1v) is 5.88. The minimum atomic E-state index is -0.193. The van der Waals surface area contributed by atoms with Gasteiger partial charge in [-0.2, -0.15) is 0 Å². The van der Waals surface area contributed by atoms with Crippen molar-refractivity contribution in [1.29, 1.82) is 0 Å². The summed E-state index contributed by atoms with van der Waals surface area (Å²) in [5.41, 5.74) is 8.33. The first kappa shape index (κ1) is 12.5. The fourth-order valence-corrected chi connectivity index (χ4v) is 1.83. The van der Waals surface area contributed by atoms with E-state index in [1.165, 1.54) is 0 Å². The van der Waals surface area contributed by atoms with E-state index in [2.05, 4.69) is 5.32 Å². The molecular formula is C14H13ClN2O. The van der Waals surface area contributed by atoms with Crippen LogP contribution >= 0.6 is 11.6 Å². The molecule has 0 aromatic heterocycles. The van der Waals surface area contributed by atoms with Crippen LogP contribution in [-0.2, 0) is 0 Å². The Kier molecular flexibility index (Phi) is 3.53. The van der Waals surface area contributed by atoms with Gasteiger partial charge in [0.15, 0.2) is 0 Å². The van der Waals surface area contributed by atoms with E-state index >= 15 is 0 Å². The van der Waals surface area contributed by atoms with Crippen molar-refractivity contribution in [1.82, 2.24) is 0 Å². The zero-order chi connectivity index (χ0) is 13.1. The zero-order valence-electron chi connectivity index (χ0n) is 9.91. The van der Waals surface area contributed by atoms with E-state index in [4.69, 9.17) is 17.3 Å². The highest BCUT2D eigenvalue weighted by Gasteiger charge is 2.10. The van der Waals surface area contributed by atoms with Gasteiger partial charge in [-0.25, -0.2) is 0 Å². The number of hydrogen-bond donors (Lipinski definition) is 2. The lowest BCUT2D eigenvalue weighted by Gasteiger charge is -2.10. The molecule has 0 bridgehead atoms. The van der Waals surface area contributed by atoms with E-state index in [1.807, 2.05) is 25.1 Å². The average molecular weight is 261 g/mol. The second-order valence-electron chi connectivity index (χ2n) is 4.00. The monoisotopic (exact) mass is 260 g/mol. The van der Waals surface area contributed by atoms with Gasteiger partial charge in [-0.15, -0.1) is 0 Å². The highest BCUT2D eigenvalue weighted by atomic mass is 35.5. The van der Waals surface area contributed by atoms with Crippen molar-refractivity contribution in [2.24, 2.45) is 0 Å². The van der Waals surface area contributed by atoms with Crippen molar-refractivity contribution >= 4 is 28.9 Å². The molecular weight excluding hydrogens is 248 g/mol. The first-order valence-electron chi connectivity index (χ1n) is 5.50. The molecule has 0 fully saturated rings. The van der Waals surface area contributed by atoms with E-state index in [0.29, 0.717) is 22.0 Å². The van der Waals surface area contributed by atoms with E-state index in [9.17, 15) is 4.79 Å². The molecule has 0 aliphatic heterocycles.